The Morgan fingerprint density at radius 3 is 2.66 bits per heavy atom. The molecule has 0 bridgehead atoms. The Morgan fingerprint density at radius 1 is 1.28 bits per heavy atom. The lowest BCUT2D eigenvalue weighted by atomic mass is 9.96. The number of hydrogen-bond donors (Lipinski definition) is 1. The van der Waals surface area contributed by atoms with Crippen molar-refractivity contribution in [3.8, 4) is 11.3 Å². The first-order valence-corrected chi connectivity index (χ1v) is 9.60. The molecule has 1 N–H and O–H groups in total. The maximum atomic E-state index is 13.3. The molecular formula is C18H17F4N3O3S. The third kappa shape index (κ3) is 5.89. The summed E-state index contributed by atoms with van der Waals surface area (Å²) in [5, 5.41) is 4.76. The number of piperidine rings is 1. The van der Waals surface area contributed by atoms with Gasteiger partial charge < -0.3 is 15.0 Å². The minimum absolute atomic E-state index is 0.126. The number of alkyl halides is 3. The van der Waals surface area contributed by atoms with Crippen LogP contribution in [0.3, 0.4) is 0 Å². The summed E-state index contributed by atoms with van der Waals surface area (Å²) in [6.45, 7) is -1.38. The molecule has 1 aromatic heterocycles. The van der Waals surface area contributed by atoms with E-state index in [1.807, 2.05) is 0 Å². The lowest BCUT2D eigenvalue weighted by Gasteiger charge is -2.30. The second kappa shape index (κ2) is 8.76. The number of benzene rings is 1. The molecular weight excluding hydrogens is 414 g/mol. The van der Waals surface area contributed by atoms with Crippen molar-refractivity contribution in [1.29, 1.82) is 0 Å². The average molecular weight is 431 g/mol. The maximum Gasteiger partial charge on any atom is 0.422 e. The van der Waals surface area contributed by atoms with E-state index in [-0.39, 0.29) is 24.8 Å². The van der Waals surface area contributed by atoms with Crippen molar-refractivity contribution in [3.05, 3.63) is 35.5 Å². The summed E-state index contributed by atoms with van der Waals surface area (Å²) in [7, 11) is 0. The van der Waals surface area contributed by atoms with Crippen LogP contribution < -0.4 is 5.32 Å². The van der Waals surface area contributed by atoms with Crippen molar-refractivity contribution >= 4 is 28.5 Å². The molecule has 6 nitrogen and oxygen atoms in total. The molecule has 0 unspecified atom stereocenters. The third-order valence-corrected chi connectivity index (χ3v) is 5.10. The number of anilines is 1. The fraction of sp³-hybridized carbons (Fsp3) is 0.389. The van der Waals surface area contributed by atoms with Gasteiger partial charge in [0.1, 0.15) is 5.82 Å². The topological polar surface area (TPSA) is 71.5 Å². The molecule has 11 heteroatoms. The van der Waals surface area contributed by atoms with Gasteiger partial charge in [-0.15, -0.1) is 11.3 Å². The van der Waals surface area contributed by atoms with Gasteiger partial charge in [-0.3, -0.25) is 4.79 Å². The van der Waals surface area contributed by atoms with Crippen LogP contribution in [0.25, 0.3) is 11.3 Å². The Labute approximate surface area is 167 Å². The molecule has 1 fully saturated rings. The first-order valence-electron chi connectivity index (χ1n) is 8.72. The van der Waals surface area contributed by atoms with Gasteiger partial charge in [-0.05, 0) is 25.0 Å². The molecule has 1 aliphatic rings. The molecule has 2 amide bonds. The molecule has 1 saturated heterocycles. The van der Waals surface area contributed by atoms with Crippen LogP contribution in [0.15, 0.2) is 29.6 Å². The van der Waals surface area contributed by atoms with Crippen LogP contribution in [-0.4, -0.2) is 47.8 Å². The number of likely N-dealkylation sites (tertiary alicyclic amines) is 1. The summed E-state index contributed by atoms with van der Waals surface area (Å²) in [6.07, 6.45) is -5.02. The predicted octanol–water partition coefficient (Wildman–Crippen LogP) is 4.30. The minimum Gasteiger partial charge on any atom is -0.440 e. The lowest BCUT2D eigenvalue weighted by Crippen LogP contribution is -2.42. The molecule has 0 radical (unpaired) electrons. The molecule has 2 aromatic rings. The zero-order valence-corrected chi connectivity index (χ0v) is 15.9. The quantitative estimate of drug-likeness (QED) is 0.733. The number of hydrogen-bond acceptors (Lipinski definition) is 5. The van der Waals surface area contributed by atoms with E-state index in [1.165, 1.54) is 23.5 Å². The van der Waals surface area contributed by atoms with E-state index < -0.39 is 24.8 Å². The number of amides is 2. The van der Waals surface area contributed by atoms with E-state index in [1.54, 1.807) is 17.5 Å². The monoisotopic (exact) mass is 431 g/mol. The fourth-order valence-electron chi connectivity index (χ4n) is 2.88. The van der Waals surface area contributed by atoms with Gasteiger partial charge in [-0.1, -0.05) is 12.1 Å². The molecule has 1 aliphatic heterocycles. The van der Waals surface area contributed by atoms with Crippen LogP contribution in [0.5, 0.6) is 0 Å². The first-order chi connectivity index (χ1) is 13.7. The number of carbonyl (C=O) groups excluding carboxylic acids is 2. The highest BCUT2D eigenvalue weighted by molar-refractivity contribution is 7.14. The van der Waals surface area contributed by atoms with Crippen molar-refractivity contribution in [3.63, 3.8) is 0 Å². The molecule has 0 spiro atoms. The fourth-order valence-corrected chi connectivity index (χ4v) is 3.60. The van der Waals surface area contributed by atoms with Crippen LogP contribution in [0.2, 0.25) is 0 Å². The highest BCUT2D eigenvalue weighted by atomic mass is 32.1. The molecule has 2 heterocycles. The number of carbonyl (C=O) groups is 2. The van der Waals surface area contributed by atoms with Crippen LogP contribution in [-0.2, 0) is 9.53 Å². The number of nitrogens with zero attached hydrogens (tertiary/aromatic N) is 2. The molecule has 29 heavy (non-hydrogen) atoms. The van der Waals surface area contributed by atoms with Crippen molar-refractivity contribution in [2.75, 3.05) is 25.0 Å². The van der Waals surface area contributed by atoms with Gasteiger partial charge in [-0.2, -0.15) is 13.2 Å². The number of ether oxygens (including phenoxy) is 1. The molecule has 0 atom stereocenters. The zero-order chi connectivity index (χ0) is 21.0. The van der Waals surface area contributed by atoms with Crippen molar-refractivity contribution in [2.24, 2.45) is 5.92 Å². The number of rotatable bonds is 4. The third-order valence-electron chi connectivity index (χ3n) is 4.34. The van der Waals surface area contributed by atoms with E-state index in [2.05, 4.69) is 15.0 Å². The SMILES string of the molecule is O=C(Nc1nc(-c2cccc(F)c2)cs1)C1CCN(C(=O)OCC(F)(F)F)CC1. The van der Waals surface area contributed by atoms with E-state index in [0.29, 0.717) is 29.2 Å². The Kier molecular flexibility index (Phi) is 6.36. The number of halogens is 4. The summed E-state index contributed by atoms with van der Waals surface area (Å²) >= 11 is 1.20. The molecule has 0 saturated carbocycles. The Balaban J connectivity index is 1.50. The smallest absolute Gasteiger partial charge is 0.422 e. The summed E-state index contributed by atoms with van der Waals surface area (Å²) in [4.78, 5) is 29.5. The highest BCUT2D eigenvalue weighted by Crippen LogP contribution is 2.27. The first kappa shape index (κ1) is 21.0. The normalized spacial score (nSPS) is 15.2. The molecule has 0 aliphatic carbocycles. The largest absolute Gasteiger partial charge is 0.440 e. The van der Waals surface area contributed by atoms with Crippen LogP contribution in [0.4, 0.5) is 27.5 Å². The lowest BCUT2D eigenvalue weighted by molar-refractivity contribution is -0.162. The van der Waals surface area contributed by atoms with E-state index >= 15 is 0 Å². The standard InChI is InChI=1S/C18H17F4N3O3S/c19-13-3-1-2-12(8-13)14-9-29-16(23-14)24-15(26)11-4-6-25(7-5-11)17(27)28-10-18(20,21)22/h1-3,8-9,11H,4-7,10H2,(H,23,24,26). The second-order valence-corrected chi connectivity index (χ2v) is 7.33. The van der Waals surface area contributed by atoms with Gasteiger partial charge in [0.25, 0.3) is 0 Å². The summed E-state index contributed by atoms with van der Waals surface area (Å²) in [6, 6.07) is 5.94. The van der Waals surface area contributed by atoms with Gasteiger partial charge in [0.05, 0.1) is 5.69 Å². The molecule has 156 valence electrons. The van der Waals surface area contributed by atoms with Crippen LogP contribution in [0.1, 0.15) is 12.8 Å². The van der Waals surface area contributed by atoms with Gasteiger partial charge in [0, 0.05) is 30.0 Å². The maximum absolute atomic E-state index is 13.3. The minimum atomic E-state index is -4.58. The zero-order valence-electron chi connectivity index (χ0n) is 15.0. The summed E-state index contributed by atoms with van der Waals surface area (Å²) < 4.78 is 53.9. The number of thiazole rings is 1. The van der Waals surface area contributed by atoms with Crippen LogP contribution >= 0.6 is 11.3 Å². The van der Waals surface area contributed by atoms with Gasteiger partial charge >= 0.3 is 12.3 Å². The summed E-state index contributed by atoms with van der Waals surface area (Å²) in [5.74, 6) is -1.07. The molecule has 1 aromatic carbocycles. The van der Waals surface area contributed by atoms with Crippen molar-refractivity contribution in [1.82, 2.24) is 9.88 Å². The van der Waals surface area contributed by atoms with Crippen molar-refractivity contribution in [2.45, 2.75) is 19.0 Å². The second-order valence-electron chi connectivity index (χ2n) is 6.47. The van der Waals surface area contributed by atoms with Crippen LogP contribution in [0, 0.1) is 11.7 Å². The summed E-state index contributed by atoms with van der Waals surface area (Å²) in [5.41, 5.74) is 1.12. The Bertz CT molecular complexity index is 879. The molecule has 3 rings (SSSR count). The Hall–Kier alpha value is -2.69. The highest BCUT2D eigenvalue weighted by Gasteiger charge is 2.33. The average Bonchev–Trinajstić information content (AvgIpc) is 3.14. The Morgan fingerprint density at radius 2 is 2.00 bits per heavy atom. The van der Waals surface area contributed by atoms with Gasteiger partial charge in [0.15, 0.2) is 11.7 Å². The van der Waals surface area contributed by atoms with Gasteiger partial charge in [-0.25, -0.2) is 14.2 Å². The van der Waals surface area contributed by atoms with E-state index in [0.717, 1.165) is 4.90 Å². The van der Waals surface area contributed by atoms with Gasteiger partial charge in [0.2, 0.25) is 5.91 Å². The number of nitrogens with one attached hydrogen (secondary N) is 1. The van der Waals surface area contributed by atoms with Crippen molar-refractivity contribution < 1.29 is 31.9 Å². The predicted molar refractivity (Wildman–Crippen MR) is 97.8 cm³/mol. The van der Waals surface area contributed by atoms with E-state index in [9.17, 15) is 27.2 Å². The van der Waals surface area contributed by atoms with E-state index in [4.69, 9.17) is 0 Å². The number of aromatic nitrogens is 1.